The van der Waals surface area contributed by atoms with E-state index in [4.69, 9.17) is 4.42 Å². The Labute approximate surface area is 389 Å². The molecule has 0 saturated carbocycles. The first-order chi connectivity index (χ1) is 33.2. The molecule has 0 radical (unpaired) electrons. The highest BCUT2D eigenvalue weighted by Crippen LogP contribution is 2.56. The average molecular weight is 870 g/mol. The van der Waals surface area contributed by atoms with Crippen molar-refractivity contribution in [2.75, 3.05) is 0 Å². The van der Waals surface area contributed by atoms with E-state index < -0.39 is 0 Å². The van der Waals surface area contributed by atoms with E-state index in [2.05, 4.69) is 168 Å². The Bertz CT molecular complexity index is 4190. The van der Waals surface area contributed by atoms with Gasteiger partial charge in [0.1, 0.15) is 23.3 Å². The van der Waals surface area contributed by atoms with E-state index >= 15 is 0 Å². The number of nitrogens with zero attached hydrogens (tertiary/aromatic N) is 3. The van der Waals surface area contributed by atoms with E-state index in [1.165, 1.54) is 15.5 Å². The first kappa shape index (κ1) is 38.5. The molecule has 3 aromatic heterocycles. The predicted molar refractivity (Wildman–Crippen MR) is 278 cm³/mol. The summed E-state index contributed by atoms with van der Waals surface area (Å²) in [5.41, 5.74) is 13.5. The monoisotopic (exact) mass is 869 g/mol. The highest BCUT2D eigenvalue weighted by Gasteiger charge is 2.34. The molecule has 13 aromatic rings. The fourth-order valence-corrected chi connectivity index (χ4v) is 11.7. The maximum Gasteiger partial charge on any atom is 0.156 e. The molecule has 5 heteroatoms. The average Bonchev–Trinajstić information content (AvgIpc) is 4.07. The van der Waals surface area contributed by atoms with Gasteiger partial charge in [-0.25, -0.2) is 0 Å². The van der Waals surface area contributed by atoms with Crippen LogP contribution in [0, 0.1) is 22.7 Å². The highest BCUT2D eigenvalue weighted by atomic mass is 32.1. The third kappa shape index (κ3) is 5.76. The lowest BCUT2D eigenvalue weighted by Crippen LogP contribution is -2.04. The van der Waals surface area contributed by atoms with E-state index in [1.54, 1.807) is 11.3 Å². The second-order valence-corrected chi connectivity index (χ2v) is 17.9. The Balaban J connectivity index is 1.31. The van der Waals surface area contributed by atoms with Gasteiger partial charge in [-0.15, -0.1) is 11.3 Å². The Morgan fingerprint density at radius 1 is 0.358 bits per heavy atom. The van der Waals surface area contributed by atoms with Gasteiger partial charge in [-0.3, -0.25) is 0 Å². The van der Waals surface area contributed by atoms with E-state index in [1.807, 2.05) is 60.7 Å². The molecule has 0 fully saturated rings. The van der Waals surface area contributed by atoms with Crippen molar-refractivity contribution < 1.29 is 4.42 Å². The SMILES string of the molecule is N#Cc1c(-n2c3ccccc3c3cc4c(cc32)sc2ccccc24)c(-c2ccccc2)c(C#N)c2c1oc1c(-c3ccccc3)c(-c3ccccc3)c(-c3ccccc3)c(-c3ccccc3)c12. The number of thiophene rings is 1. The summed E-state index contributed by atoms with van der Waals surface area (Å²) in [5.74, 6) is 0. The van der Waals surface area contributed by atoms with Gasteiger partial charge in [0, 0.05) is 64.0 Å². The third-order valence-electron chi connectivity index (χ3n) is 13.3. The summed E-state index contributed by atoms with van der Waals surface area (Å²) in [6.45, 7) is 0. The summed E-state index contributed by atoms with van der Waals surface area (Å²) < 4.78 is 12.1. The van der Waals surface area contributed by atoms with E-state index in [-0.39, 0.29) is 0 Å². The first-order valence-electron chi connectivity index (χ1n) is 22.3. The van der Waals surface area contributed by atoms with Crippen LogP contribution in [0.25, 0.3) is 125 Å². The fraction of sp³-hybridized carbons (Fsp3) is 0. The van der Waals surface area contributed by atoms with Crippen LogP contribution in [0.5, 0.6) is 0 Å². The minimum absolute atomic E-state index is 0.351. The summed E-state index contributed by atoms with van der Waals surface area (Å²) in [6.07, 6.45) is 0. The minimum Gasteiger partial charge on any atom is -0.454 e. The van der Waals surface area contributed by atoms with E-state index in [0.717, 1.165) is 82.0 Å². The summed E-state index contributed by atoms with van der Waals surface area (Å²) in [7, 11) is 0. The zero-order chi connectivity index (χ0) is 44.6. The number of para-hydroxylation sites is 1. The number of fused-ring (bicyclic) bond motifs is 9. The zero-order valence-corrected chi connectivity index (χ0v) is 36.7. The molecule has 0 aliphatic heterocycles. The zero-order valence-electron chi connectivity index (χ0n) is 35.9. The fourth-order valence-electron chi connectivity index (χ4n) is 10.5. The topological polar surface area (TPSA) is 65.7 Å². The molecule has 0 spiro atoms. The second-order valence-electron chi connectivity index (χ2n) is 16.9. The highest BCUT2D eigenvalue weighted by molar-refractivity contribution is 7.25. The van der Waals surface area contributed by atoms with Crippen LogP contribution in [0.3, 0.4) is 0 Å². The maximum absolute atomic E-state index is 12.0. The summed E-state index contributed by atoms with van der Waals surface area (Å²) >= 11 is 1.76. The van der Waals surface area contributed by atoms with Crippen LogP contribution in [0.4, 0.5) is 0 Å². The molecular weight excluding hydrogens is 835 g/mol. The molecule has 13 rings (SSSR count). The van der Waals surface area contributed by atoms with Crippen molar-refractivity contribution in [1.82, 2.24) is 4.57 Å². The molecule has 0 bridgehead atoms. The molecular formula is C62H35N3OS. The first-order valence-corrected chi connectivity index (χ1v) is 23.1. The molecule has 10 aromatic carbocycles. The predicted octanol–water partition coefficient (Wildman–Crippen LogP) is 17.1. The van der Waals surface area contributed by atoms with Crippen molar-refractivity contribution in [3.63, 3.8) is 0 Å². The van der Waals surface area contributed by atoms with Crippen LogP contribution in [0.1, 0.15) is 11.1 Å². The van der Waals surface area contributed by atoms with Gasteiger partial charge in [-0.2, -0.15) is 10.5 Å². The largest absolute Gasteiger partial charge is 0.454 e. The number of hydrogen-bond donors (Lipinski definition) is 0. The molecule has 0 N–H and O–H groups in total. The number of furan rings is 1. The van der Waals surface area contributed by atoms with Gasteiger partial charge in [0.15, 0.2) is 5.58 Å². The molecule has 0 saturated heterocycles. The smallest absolute Gasteiger partial charge is 0.156 e. The molecule has 0 aliphatic rings. The lowest BCUT2D eigenvalue weighted by molar-refractivity contribution is 0.668. The number of hydrogen-bond acceptors (Lipinski definition) is 4. The van der Waals surface area contributed by atoms with Gasteiger partial charge in [0.05, 0.1) is 22.3 Å². The molecule has 0 atom stereocenters. The maximum atomic E-state index is 12.0. The van der Waals surface area contributed by atoms with Crippen molar-refractivity contribution >= 4 is 75.3 Å². The van der Waals surface area contributed by atoms with Crippen LogP contribution in [-0.2, 0) is 0 Å². The van der Waals surface area contributed by atoms with Crippen molar-refractivity contribution in [3.8, 4) is 73.5 Å². The number of benzene rings is 10. The van der Waals surface area contributed by atoms with Crippen LogP contribution in [0.15, 0.2) is 217 Å². The van der Waals surface area contributed by atoms with Gasteiger partial charge in [-0.05, 0) is 57.6 Å². The summed E-state index contributed by atoms with van der Waals surface area (Å²) in [5, 5.41) is 29.8. The van der Waals surface area contributed by atoms with E-state index in [9.17, 15) is 10.5 Å². The Hall–Kier alpha value is -9.00. The van der Waals surface area contributed by atoms with Crippen LogP contribution >= 0.6 is 11.3 Å². The third-order valence-corrected chi connectivity index (χ3v) is 14.4. The standard InChI is InChI=1S/C62H35N3OS/c63-36-47-53(38-20-6-1-7-21-38)60(65-49-32-18-16-30-43(49)45-34-46-44-31-17-19-33-51(44)67-52(46)35-50(45)65)48(37-64)61-58(47)59-56(41-26-12-4-13-27-41)54(39-22-8-2-9-23-39)55(40-24-10-3-11-25-40)57(62(59)66-61)42-28-14-5-15-29-42/h1-35H. The van der Waals surface area contributed by atoms with Crippen molar-refractivity contribution in [2.24, 2.45) is 0 Å². The molecule has 0 amide bonds. The van der Waals surface area contributed by atoms with Crippen LogP contribution in [0.2, 0.25) is 0 Å². The molecule has 3 heterocycles. The summed E-state index contributed by atoms with van der Waals surface area (Å²) in [4.78, 5) is 0. The quantitative estimate of drug-likeness (QED) is 0.167. The van der Waals surface area contributed by atoms with Gasteiger partial charge in [-0.1, -0.05) is 188 Å². The van der Waals surface area contributed by atoms with Gasteiger partial charge >= 0.3 is 0 Å². The number of nitriles is 2. The van der Waals surface area contributed by atoms with Crippen molar-refractivity contribution in [1.29, 1.82) is 10.5 Å². The number of aromatic nitrogens is 1. The second kappa shape index (κ2) is 15.3. The lowest BCUT2D eigenvalue weighted by Gasteiger charge is -2.22. The van der Waals surface area contributed by atoms with Gasteiger partial charge in [0.2, 0.25) is 0 Å². The van der Waals surface area contributed by atoms with Gasteiger partial charge < -0.3 is 8.98 Å². The molecule has 67 heavy (non-hydrogen) atoms. The molecule has 0 aliphatic carbocycles. The Morgan fingerprint density at radius 3 is 1.42 bits per heavy atom. The molecule has 4 nitrogen and oxygen atoms in total. The normalized spacial score (nSPS) is 11.6. The Kier molecular flexibility index (Phi) is 8.80. The van der Waals surface area contributed by atoms with E-state index in [0.29, 0.717) is 38.9 Å². The van der Waals surface area contributed by atoms with Crippen molar-refractivity contribution in [3.05, 3.63) is 223 Å². The van der Waals surface area contributed by atoms with Crippen LogP contribution in [-0.4, -0.2) is 4.57 Å². The lowest BCUT2D eigenvalue weighted by atomic mass is 9.79. The molecule has 310 valence electrons. The minimum atomic E-state index is 0.351. The van der Waals surface area contributed by atoms with Crippen molar-refractivity contribution in [2.45, 2.75) is 0 Å². The van der Waals surface area contributed by atoms with Crippen LogP contribution < -0.4 is 0 Å². The molecule has 0 unspecified atom stereocenters. The number of rotatable bonds is 6. The van der Waals surface area contributed by atoms with Gasteiger partial charge in [0.25, 0.3) is 0 Å². The summed E-state index contributed by atoms with van der Waals surface area (Å²) in [6, 6.07) is 78.8. The Morgan fingerprint density at radius 2 is 0.836 bits per heavy atom.